The number of nitrogens with one attached hydrogen (secondary N) is 1. The number of aliphatic hydroxyl groups is 2. The summed E-state index contributed by atoms with van der Waals surface area (Å²) in [6.45, 7) is 6.65. The third kappa shape index (κ3) is 7.61. The van der Waals surface area contributed by atoms with Crippen LogP contribution >= 0.6 is 0 Å². The Labute approximate surface area is 231 Å². The molecule has 8 nitrogen and oxygen atoms in total. The van der Waals surface area contributed by atoms with Gasteiger partial charge in [0.25, 0.3) is 5.91 Å². The second-order valence-corrected chi connectivity index (χ2v) is 10.0. The molecule has 214 valence electrons. The molecule has 3 N–H and O–H groups in total. The molecule has 2 atom stereocenters. The fourth-order valence-electron chi connectivity index (χ4n) is 4.15. The third-order valence-corrected chi connectivity index (χ3v) is 6.34. The van der Waals surface area contributed by atoms with Crippen molar-refractivity contribution in [2.45, 2.75) is 71.0 Å². The van der Waals surface area contributed by atoms with Gasteiger partial charge in [-0.1, -0.05) is 24.3 Å². The van der Waals surface area contributed by atoms with Crippen LogP contribution in [0.5, 0.6) is 5.75 Å². The first-order valence-electron chi connectivity index (χ1n) is 12.8. The summed E-state index contributed by atoms with van der Waals surface area (Å²) in [6.07, 6.45) is -4.17. The van der Waals surface area contributed by atoms with Crippen LogP contribution in [-0.4, -0.2) is 50.6 Å². The standard InChI is InChI=1S/C29H33F3N4O4/c1-5-36-17-24(35-27(36)28(3,4)39)20-8-6-19(7-9-20)14-23(12-13-37)34-26(38)21-10-11-25(22(15-21)16-33)40-18(2)29(30,31)32/h6-11,15,17-18,23,37,39H,5,12-14H2,1-4H3,(H,34,38). The van der Waals surface area contributed by atoms with E-state index in [0.29, 0.717) is 18.8 Å². The molecule has 1 heterocycles. The van der Waals surface area contributed by atoms with E-state index in [1.165, 1.54) is 18.2 Å². The fourth-order valence-corrected chi connectivity index (χ4v) is 4.15. The van der Waals surface area contributed by atoms with Gasteiger partial charge in [-0.05, 0) is 64.3 Å². The molecule has 0 spiro atoms. The Balaban J connectivity index is 1.73. The van der Waals surface area contributed by atoms with Gasteiger partial charge in [-0.3, -0.25) is 4.79 Å². The number of nitriles is 1. The Morgan fingerprint density at radius 3 is 2.40 bits per heavy atom. The Morgan fingerprint density at radius 2 is 1.88 bits per heavy atom. The lowest BCUT2D eigenvalue weighted by Crippen LogP contribution is -2.37. The normalized spacial score (nSPS) is 13.4. The second kappa shape index (κ2) is 12.5. The maximum atomic E-state index is 12.9. The Hall–Kier alpha value is -3.88. The Morgan fingerprint density at radius 1 is 1.20 bits per heavy atom. The molecule has 3 rings (SSSR count). The van der Waals surface area contributed by atoms with E-state index >= 15 is 0 Å². The molecule has 0 radical (unpaired) electrons. The number of carbonyl (C=O) groups is 1. The molecule has 3 aromatic rings. The first-order valence-corrected chi connectivity index (χ1v) is 12.8. The fraction of sp³-hybridized carbons (Fsp3) is 0.414. The molecular weight excluding hydrogens is 525 g/mol. The summed E-state index contributed by atoms with van der Waals surface area (Å²) >= 11 is 0. The van der Waals surface area contributed by atoms with Crippen LogP contribution in [-0.2, 0) is 18.6 Å². The minimum absolute atomic E-state index is 0.0796. The number of amides is 1. The molecule has 0 aliphatic rings. The highest BCUT2D eigenvalue weighted by atomic mass is 19.4. The largest absolute Gasteiger partial charge is 0.480 e. The van der Waals surface area contributed by atoms with Gasteiger partial charge in [0.1, 0.15) is 23.2 Å². The average molecular weight is 559 g/mol. The van der Waals surface area contributed by atoms with Crippen LogP contribution in [0.1, 0.15) is 61.4 Å². The van der Waals surface area contributed by atoms with Crippen molar-refractivity contribution < 1.29 is 32.9 Å². The number of aliphatic hydroxyl groups excluding tert-OH is 1. The molecule has 1 aromatic heterocycles. The molecular formula is C29H33F3N4O4. The predicted octanol–water partition coefficient (Wildman–Crippen LogP) is 4.72. The molecule has 0 saturated carbocycles. The molecule has 0 aliphatic heterocycles. The van der Waals surface area contributed by atoms with Crippen molar-refractivity contribution >= 4 is 5.91 Å². The van der Waals surface area contributed by atoms with E-state index in [1.54, 1.807) is 19.9 Å². The van der Waals surface area contributed by atoms with Crippen LogP contribution in [0.15, 0.2) is 48.7 Å². The van der Waals surface area contributed by atoms with Gasteiger partial charge in [0.15, 0.2) is 6.10 Å². The third-order valence-electron chi connectivity index (χ3n) is 6.34. The van der Waals surface area contributed by atoms with E-state index in [4.69, 9.17) is 4.74 Å². The number of aromatic nitrogens is 2. The summed E-state index contributed by atoms with van der Waals surface area (Å²) in [5.74, 6) is -0.241. The Kier molecular flexibility index (Phi) is 9.60. The van der Waals surface area contributed by atoms with Gasteiger partial charge in [-0.25, -0.2) is 4.98 Å². The van der Waals surface area contributed by atoms with E-state index in [-0.39, 0.29) is 29.9 Å². The van der Waals surface area contributed by atoms with Crippen molar-refractivity contribution in [3.05, 3.63) is 71.2 Å². The summed E-state index contributed by atoms with van der Waals surface area (Å²) in [6, 6.07) is 12.5. The van der Waals surface area contributed by atoms with Crippen molar-refractivity contribution in [1.29, 1.82) is 5.26 Å². The number of aryl methyl sites for hydroxylation is 1. The van der Waals surface area contributed by atoms with Gasteiger partial charge in [-0.15, -0.1) is 0 Å². The lowest BCUT2D eigenvalue weighted by Gasteiger charge is -2.20. The second-order valence-electron chi connectivity index (χ2n) is 10.0. The summed E-state index contributed by atoms with van der Waals surface area (Å²) in [5, 5.41) is 32.2. The minimum Gasteiger partial charge on any atom is -0.480 e. The highest BCUT2D eigenvalue weighted by Crippen LogP contribution is 2.28. The van der Waals surface area contributed by atoms with E-state index in [0.717, 1.165) is 23.7 Å². The highest BCUT2D eigenvalue weighted by Gasteiger charge is 2.38. The number of carbonyl (C=O) groups excluding carboxylic acids is 1. The zero-order valence-corrected chi connectivity index (χ0v) is 22.8. The van der Waals surface area contributed by atoms with Gasteiger partial charge >= 0.3 is 6.18 Å². The van der Waals surface area contributed by atoms with E-state index < -0.39 is 29.8 Å². The van der Waals surface area contributed by atoms with E-state index in [1.807, 2.05) is 42.0 Å². The van der Waals surface area contributed by atoms with Crippen LogP contribution in [0.2, 0.25) is 0 Å². The van der Waals surface area contributed by atoms with Crippen molar-refractivity contribution in [2.75, 3.05) is 6.61 Å². The van der Waals surface area contributed by atoms with Crippen molar-refractivity contribution in [2.24, 2.45) is 0 Å². The van der Waals surface area contributed by atoms with Crippen LogP contribution < -0.4 is 10.1 Å². The quantitative estimate of drug-likeness (QED) is 0.313. The number of halogens is 3. The number of rotatable bonds is 11. The average Bonchev–Trinajstić information content (AvgIpc) is 3.34. The summed E-state index contributed by atoms with van der Waals surface area (Å²) in [5.41, 5.74) is 1.26. The van der Waals surface area contributed by atoms with Crippen molar-refractivity contribution in [3.8, 4) is 23.1 Å². The summed E-state index contributed by atoms with van der Waals surface area (Å²) < 4.78 is 45.3. The van der Waals surface area contributed by atoms with Gasteiger partial charge < -0.3 is 24.8 Å². The summed E-state index contributed by atoms with van der Waals surface area (Å²) in [7, 11) is 0. The smallest absolute Gasteiger partial charge is 0.425 e. The number of nitrogens with zero attached hydrogens (tertiary/aromatic N) is 3. The molecule has 0 fully saturated rings. The molecule has 0 aliphatic carbocycles. The minimum atomic E-state index is -4.60. The maximum Gasteiger partial charge on any atom is 0.425 e. The number of hydrogen-bond acceptors (Lipinski definition) is 6. The lowest BCUT2D eigenvalue weighted by molar-refractivity contribution is -0.189. The number of benzene rings is 2. The highest BCUT2D eigenvalue weighted by molar-refractivity contribution is 5.95. The van der Waals surface area contributed by atoms with Gasteiger partial charge in [0.2, 0.25) is 0 Å². The maximum absolute atomic E-state index is 12.9. The zero-order chi connectivity index (χ0) is 29.7. The summed E-state index contributed by atoms with van der Waals surface area (Å²) in [4.78, 5) is 17.5. The van der Waals surface area contributed by atoms with Gasteiger partial charge in [0, 0.05) is 36.5 Å². The molecule has 2 aromatic carbocycles. The zero-order valence-electron chi connectivity index (χ0n) is 22.8. The number of hydrogen-bond donors (Lipinski definition) is 3. The van der Waals surface area contributed by atoms with Crippen molar-refractivity contribution in [1.82, 2.24) is 14.9 Å². The Bertz CT molecular complexity index is 1360. The van der Waals surface area contributed by atoms with Gasteiger partial charge in [0.05, 0.1) is 11.3 Å². The van der Waals surface area contributed by atoms with Crippen LogP contribution in [0.25, 0.3) is 11.3 Å². The SMILES string of the molecule is CCn1cc(-c2ccc(CC(CCO)NC(=O)c3ccc(OC(C)C(F)(F)F)c(C#N)c3)cc2)nc1C(C)(C)O. The molecule has 40 heavy (non-hydrogen) atoms. The van der Waals surface area contributed by atoms with Crippen LogP contribution in [0, 0.1) is 11.3 Å². The topological polar surface area (TPSA) is 120 Å². The van der Waals surface area contributed by atoms with Crippen LogP contribution in [0.4, 0.5) is 13.2 Å². The van der Waals surface area contributed by atoms with Crippen molar-refractivity contribution in [3.63, 3.8) is 0 Å². The predicted molar refractivity (Wildman–Crippen MR) is 143 cm³/mol. The lowest BCUT2D eigenvalue weighted by atomic mass is 10.0. The monoisotopic (exact) mass is 558 g/mol. The molecule has 11 heteroatoms. The number of ether oxygens (including phenoxy) is 1. The van der Waals surface area contributed by atoms with E-state index in [2.05, 4.69) is 10.3 Å². The molecule has 0 bridgehead atoms. The van der Waals surface area contributed by atoms with Crippen LogP contribution in [0.3, 0.4) is 0 Å². The van der Waals surface area contributed by atoms with Gasteiger partial charge in [-0.2, -0.15) is 18.4 Å². The first kappa shape index (κ1) is 30.7. The molecule has 2 unspecified atom stereocenters. The molecule has 0 saturated heterocycles. The van der Waals surface area contributed by atoms with E-state index in [9.17, 15) is 33.4 Å². The number of alkyl halides is 3. The number of imidazole rings is 1. The first-order chi connectivity index (χ1) is 18.8. The molecule has 1 amide bonds.